The minimum Gasteiger partial charge on any atom is -0.312 e. The monoisotopic (exact) mass is 157 g/mol. The molecule has 2 aliphatic heterocycles. The average Bonchev–Trinajstić information content (AvgIpc) is 2.35. The summed E-state index contributed by atoms with van der Waals surface area (Å²) in [5.74, 6) is 6.48. The smallest absolute Gasteiger partial charge is 0.0282 e. The molecule has 0 aromatic rings. The molecule has 3 heteroatoms. The zero-order chi connectivity index (χ0) is 8.27. The van der Waals surface area contributed by atoms with Gasteiger partial charge in [0.2, 0.25) is 0 Å². The van der Waals surface area contributed by atoms with Crippen LogP contribution in [0, 0.1) is 5.92 Å². The van der Waals surface area contributed by atoms with E-state index in [0.29, 0.717) is 6.04 Å². The maximum Gasteiger partial charge on any atom is 0.0282 e. The Labute approximate surface area is 68.9 Å². The summed E-state index contributed by atoms with van der Waals surface area (Å²) >= 11 is 0. The molecule has 0 amide bonds. The second-order valence-corrected chi connectivity index (χ2v) is 3.16. The summed E-state index contributed by atoms with van der Waals surface area (Å²) in [6.07, 6.45) is 1.34. The molecular weight excluding hydrogens is 138 g/mol. The molecule has 66 valence electrons. The number of nitrogens with zero attached hydrogens (tertiary/aromatic N) is 1. The summed E-state index contributed by atoms with van der Waals surface area (Å²) < 4.78 is 0. The van der Waals surface area contributed by atoms with Crippen molar-refractivity contribution in [3.63, 3.8) is 0 Å². The zero-order valence-corrected chi connectivity index (χ0v) is 7.51. The molecule has 0 radical (unpaired) electrons. The molecule has 0 aromatic carbocycles. The van der Waals surface area contributed by atoms with Crippen molar-refractivity contribution < 1.29 is 0 Å². The Morgan fingerprint density at radius 2 is 2.09 bits per heavy atom. The lowest BCUT2D eigenvalue weighted by atomic mass is 10.0. The van der Waals surface area contributed by atoms with E-state index in [2.05, 4.69) is 5.32 Å². The van der Waals surface area contributed by atoms with Crippen molar-refractivity contribution in [2.24, 2.45) is 11.8 Å². The topological polar surface area (TPSA) is 41.3 Å². The molecule has 11 heavy (non-hydrogen) atoms. The van der Waals surface area contributed by atoms with E-state index in [-0.39, 0.29) is 0 Å². The summed E-state index contributed by atoms with van der Waals surface area (Å²) in [5, 5.41) is 5.36. The third kappa shape index (κ3) is 2.15. The molecule has 2 heterocycles. The van der Waals surface area contributed by atoms with Crippen LogP contribution in [0.2, 0.25) is 0 Å². The van der Waals surface area contributed by atoms with E-state index < -0.39 is 0 Å². The van der Waals surface area contributed by atoms with Crippen LogP contribution in [0.15, 0.2) is 0 Å². The minimum atomic E-state index is 0.689. The van der Waals surface area contributed by atoms with Gasteiger partial charge in [-0.05, 0) is 18.9 Å². The highest BCUT2D eigenvalue weighted by molar-refractivity contribution is 4.88. The number of nitrogens with one attached hydrogen (secondary N) is 1. The van der Waals surface area contributed by atoms with Gasteiger partial charge >= 0.3 is 0 Å². The molecule has 3 nitrogen and oxygen atoms in total. The van der Waals surface area contributed by atoms with Gasteiger partial charge in [-0.1, -0.05) is 13.8 Å². The largest absolute Gasteiger partial charge is 0.312 e. The van der Waals surface area contributed by atoms with Gasteiger partial charge in [-0.25, -0.2) is 5.01 Å². The Morgan fingerprint density at radius 1 is 1.36 bits per heavy atom. The van der Waals surface area contributed by atoms with Crippen LogP contribution in [0.5, 0.6) is 0 Å². The maximum atomic E-state index is 5.65. The number of piperidine rings is 1. The van der Waals surface area contributed by atoms with Crippen LogP contribution in [0.3, 0.4) is 0 Å². The number of nitrogens with two attached hydrogens (primary N) is 1. The molecule has 2 bridgehead atoms. The van der Waals surface area contributed by atoms with E-state index in [0.717, 1.165) is 19.0 Å². The van der Waals surface area contributed by atoms with E-state index in [4.69, 9.17) is 5.84 Å². The summed E-state index contributed by atoms with van der Waals surface area (Å²) in [6, 6.07) is 0.689. The molecule has 2 rings (SSSR count). The molecule has 3 N–H and O–H groups in total. The van der Waals surface area contributed by atoms with Crippen LogP contribution in [-0.4, -0.2) is 30.7 Å². The quantitative estimate of drug-likeness (QED) is 0.493. The number of hydrazine groups is 1. The van der Waals surface area contributed by atoms with Gasteiger partial charge in [0.1, 0.15) is 0 Å². The number of fused-ring (bicyclic) bond motifs is 2. The number of rotatable bonds is 0. The van der Waals surface area contributed by atoms with E-state index in [1.165, 1.54) is 13.0 Å². The summed E-state index contributed by atoms with van der Waals surface area (Å²) in [5.41, 5.74) is 0. The molecule has 2 aliphatic rings. The summed E-state index contributed by atoms with van der Waals surface area (Å²) in [6.45, 7) is 7.30. The lowest BCUT2D eigenvalue weighted by Crippen LogP contribution is -2.45. The van der Waals surface area contributed by atoms with Gasteiger partial charge < -0.3 is 5.32 Å². The Bertz CT molecular complexity index is 104. The van der Waals surface area contributed by atoms with Crippen LogP contribution < -0.4 is 11.2 Å². The lowest BCUT2D eigenvalue weighted by Gasteiger charge is -2.26. The van der Waals surface area contributed by atoms with Gasteiger partial charge in [0.15, 0.2) is 0 Å². The fourth-order valence-electron chi connectivity index (χ4n) is 1.87. The third-order valence-corrected chi connectivity index (χ3v) is 2.26. The van der Waals surface area contributed by atoms with Crippen LogP contribution >= 0.6 is 0 Å². The van der Waals surface area contributed by atoms with Gasteiger partial charge in [-0.2, -0.15) is 0 Å². The van der Waals surface area contributed by atoms with Gasteiger partial charge in [-0.3, -0.25) is 5.84 Å². The Hall–Kier alpha value is -0.120. The highest BCUT2D eigenvalue weighted by Crippen LogP contribution is 2.19. The average molecular weight is 157 g/mol. The zero-order valence-electron chi connectivity index (χ0n) is 7.51. The molecule has 2 saturated heterocycles. The molecule has 2 fully saturated rings. The van der Waals surface area contributed by atoms with Crippen molar-refractivity contribution >= 4 is 0 Å². The first-order chi connectivity index (χ1) is 5.34. The minimum absolute atomic E-state index is 0.689. The van der Waals surface area contributed by atoms with Crippen molar-refractivity contribution in [2.75, 3.05) is 19.6 Å². The molecule has 2 unspecified atom stereocenters. The normalized spacial score (nSPS) is 36.3. The second kappa shape index (κ2) is 4.04. The SMILES string of the molecule is CC.NN1CC2CNC(C2)C1. The van der Waals surface area contributed by atoms with Gasteiger partial charge in [0.05, 0.1) is 0 Å². The highest BCUT2D eigenvalue weighted by atomic mass is 15.4. The maximum absolute atomic E-state index is 5.65. The fourth-order valence-corrected chi connectivity index (χ4v) is 1.87. The van der Waals surface area contributed by atoms with Crippen LogP contribution in [0.1, 0.15) is 20.3 Å². The Balaban J connectivity index is 0.000000281. The highest BCUT2D eigenvalue weighted by Gasteiger charge is 2.30. The van der Waals surface area contributed by atoms with Crippen LogP contribution in [0.25, 0.3) is 0 Å². The molecule has 2 atom stereocenters. The van der Waals surface area contributed by atoms with Gasteiger partial charge in [0, 0.05) is 19.1 Å². The lowest BCUT2D eigenvalue weighted by molar-refractivity contribution is 0.197. The van der Waals surface area contributed by atoms with E-state index in [1.807, 2.05) is 18.9 Å². The van der Waals surface area contributed by atoms with Crippen molar-refractivity contribution in [2.45, 2.75) is 26.3 Å². The van der Waals surface area contributed by atoms with Crippen molar-refractivity contribution in [3.05, 3.63) is 0 Å². The standard InChI is InChI=1S/C6H13N3.C2H6/c7-9-3-5-1-6(4-9)8-2-5;1-2/h5-6,8H,1-4,7H2;1-2H3. The second-order valence-electron chi connectivity index (χ2n) is 3.16. The van der Waals surface area contributed by atoms with Crippen LogP contribution in [-0.2, 0) is 0 Å². The molecular formula is C8H19N3. The van der Waals surface area contributed by atoms with E-state index >= 15 is 0 Å². The van der Waals surface area contributed by atoms with Crippen molar-refractivity contribution in [3.8, 4) is 0 Å². The fraction of sp³-hybridized carbons (Fsp3) is 1.00. The number of hydrogen-bond donors (Lipinski definition) is 2. The molecule has 0 aliphatic carbocycles. The first kappa shape index (κ1) is 8.97. The molecule has 0 spiro atoms. The summed E-state index contributed by atoms with van der Waals surface area (Å²) in [4.78, 5) is 0. The predicted molar refractivity (Wildman–Crippen MR) is 47.0 cm³/mol. The number of hydrogen-bond acceptors (Lipinski definition) is 3. The first-order valence-electron chi connectivity index (χ1n) is 4.57. The van der Waals surface area contributed by atoms with Gasteiger partial charge in [-0.15, -0.1) is 0 Å². The van der Waals surface area contributed by atoms with Crippen LogP contribution in [0.4, 0.5) is 0 Å². The van der Waals surface area contributed by atoms with Crippen molar-refractivity contribution in [1.29, 1.82) is 0 Å². The van der Waals surface area contributed by atoms with E-state index in [1.54, 1.807) is 0 Å². The van der Waals surface area contributed by atoms with Crippen molar-refractivity contribution in [1.82, 2.24) is 10.3 Å². The van der Waals surface area contributed by atoms with Gasteiger partial charge in [0.25, 0.3) is 0 Å². The molecule has 0 saturated carbocycles. The molecule has 0 aromatic heterocycles. The third-order valence-electron chi connectivity index (χ3n) is 2.26. The summed E-state index contributed by atoms with van der Waals surface area (Å²) in [7, 11) is 0. The first-order valence-corrected chi connectivity index (χ1v) is 4.57. The Morgan fingerprint density at radius 3 is 2.73 bits per heavy atom. The predicted octanol–water partition coefficient (Wildman–Crippen LogP) is 0.180. The van der Waals surface area contributed by atoms with E-state index in [9.17, 15) is 0 Å². The Kier molecular flexibility index (Phi) is 3.30.